The SMILES string of the molecule is Cc1[nH]nc2c1N=C(c1c(F)cccc1F)Nc1cnc(N3CCC(C#N)CC3)cc1-2. The molecule has 9 heteroatoms. The average Bonchev–Trinajstić information content (AvgIpc) is 3.05. The van der Waals surface area contributed by atoms with Gasteiger partial charge in [0.2, 0.25) is 0 Å². The number of aliphatic imine (C=N–C) groups is 1. The summed E-state index contributed by atoms with van der Waals surface area (Å²) in [5.74, 6) is -0.510. The maximum atomic E-state index is 14.5. The minimum atomic E-state index is -0.706. The van der Waals surface area contributed by atoms with Crippen molar-refractivity contribution in [3.05, 3.63) is 53.4 Å². The first-order valence-corrected chi connectivity index (χ1v) is 10.0. The van der Waals surface area contributed by atoms with Crippen molar-refractivity contribution in [3.8, 4) is 17.3 Å². The number of halogens is 2. The molecular formula is C22H19F2N7. The highest BCUT2D eigenvalue weighted by molar-refractivity contribution is 6.13. The van der Waals surface area contributed by atoms with E-state index in [9.17, 15) is 8.78 Å². The number of nitrogens with zero attached hydrogens (tertiary/aromatic N) is 5. The molecule has 1 aromatic carbocycles. The number of aryl methyl sites for hydroxylation is 1. The number of nitriles is 1. The van der Waals surface area contributed by atoms with Crippen molar-refractivity contribution in [1.82, 2.24) is 15.2 Å². The zero-order valence-electron chi connectivity index (χ0n) is 16.8. The van der Waals surface area contributed by atoms with Crippen molar-refractivity contribution in [1.29, 1.82) is 5.26 Å². The van der Waals surface area contributed by atoms with Gasteiger partial charge < -0.3 is 10.2 Å². The fourth-order valence-electron chi connectivity index (χ4n) is 4.01. The zero-order chi connectivity index (χ0) is 21.5. The van der Waals surface area contributed by atoms with E-state index in [1.165, 1.54) is 18.2 Å². The Morgan fingerprint density at radius 2 is 1.94 bits per heavy atom. The molecule has 1 fully saturated rings. The molecule has 2 aliphatic rings. The standard InChI is InChI=1S/C22H19F2N7/c1-12-20-21(30-29-12)14-9-18(31-7-5-13(10-25)6-8-31)26-11-17(14)27-22(28-20)19-15(23)3-2-4-16(19)24/h2-4,9,11,13H,5-8H2,1H3,(H,27,28)(H,29,30). The molecule has 31 heavy (non-hydrogen) atoms. The van der Waals surface area contributed by atoms with Gasteiger partial charge in [0.1, 0.15) is 34.7 Å². The second-order valence-corrected chi connectivity index (χ2v) is 7.71. The number of rotatable bonds is 2. The molecule has 7 nitrogen and oxygen atoms in total. The van der Waals surface area contributed by atoms with Crippen molar-refractivity contribution in [2.45, 2.75) is 19.8 Å². The van der Waals surface area contributed by atoms with Crippen LogP contribution in [0.1, 0.15) is 24.1 Å². The van der Waals surface area contributed by atoms with Gasteiger partial charge in [0.25, 0.3) is 0 Å². The van der Waals surface area contributed by atoms with Gasteiger partial charge in [0.15, 0.2) is 0 Å². The highest BCUT2D eigenvalue weighted by Crippen LogP contribution is 2.40. The lowest BCUT2D eigenvalue weighted by atomic mass is 9.98. The predicted octanol–water partition coefficient (Wildman–Crippen LogP) is 4.30. The Balaban J connectivity index is 1.59. The summed E-state index contributed by atoms with van der Waals surface area (Å²) in [4.78, 5) is 11.2. The quantitative estimate of drug-likeness (QED) is 0.646. The largest absolute Gasteiger partial charge is 0.357 e. The predicted molar refractivity (Wildman–Crippen MR) is 113 cm³/mol. The van der Waals surface area contributed by atoms with Crippen LogP contribution in [0.15, 0.2) is 35.5 Å². The third-order valence-corrected chi connectivity index (χ3v) is 5.74. The first-order valence-electron chi connectivity index (χ1n) is 10.0. The van der Waals surface area contributed by atoms with Gasteiger partial charge >= 0.3 is 0 Å². The number of fused-ring (bicyclic) bond motifs is 3. The Morgan fingerprint density at radius 3 is 2.65 bits per heavy atom. The summed E-state index contributed by atoms with van der Waals surface area (Å²) in [5, 5.41) is 19.5. The van der Waals surface area contributed by atoms with E-state index in [1.807, 2.05) is 13.0 Å². The van der Waals surface area contributed by atoms with Crippen LogP contribution in [-0.4, -0.2) is 34.1 Å². The minimum Gasteiger partial charge on any atom is -0.357 e. The number of nitrogens with one attached hydrogen (secondary N) is 2. The van der Waals surface area contributed by atoms with Crippen LogP contribution in [0.25, 0.3) is 11.3 Å². The van der Waals surface area contributed by atoms with Crippen molar-refractivity contribution in [2.75, 3.05) is 23.3 Å². The van der Waals surface area contributed by atoms with Crippen LogP contribution >= 0.6 is 0 Å². The molecule has 0 aliphatic carbocycles. The third-order valence-electron chi connectivity index (χ3n) is 5.74. The summed E-state index contributed by atoms with van der Waals surface area (Å²) in [5.41, 5.74) is 2.85. The first kappa shape index (κ1) is 19.2. The van der Waals surface area contributed by atoms with Crippen LogP contribution in [0.4, 0.5) is 26.0 Å². The van der Waals surface area contributed by atoms with Gasteiger partial charge in [-0.2, -0.15) is 10.4 Å². The van der Waals surface area contributed by atoms with Crippen LogP contribution < -0.4 is 10.2 Å². The lowest BCUT2D eigenvalue weighted by Gasteiger charge is -2.30. The van der Waals surface area contributed by atoms with E-state index >= 15 is 0 Å². The van der Waals surface area contributed by atoms with E-state index in [4.69, 9.17) is 5.26 Å². The Bertz CT molecular complexity index is 1210. The summed E-state index contributed by atoms with van der Waals surface area (Å²) in [6.45, 7) is 3.29. The number of hydrogen-bond donors (Lipinski definition) is 2. The van der Waals surface area contributed by atoms with Gasteiger partial charge in [-0.15, -0.1) is 0 Å². The van der Waals surface area contributed by atoms with Crippen LogP contribution in [0.3, 0.4) is 0 Å². The van der Waals surface area contributed by atoms with E-state index in [0.29, 0.717) is 22.8 Å². The molecule has 3 aromatic rings. The van der Waals surface area contributed by atoms with Crippen LogP contribution in [0.5, 0.6) is 0 Å². The molecule has 0 radical (unpaired) electrons. The van der Waals surface area contributed by atoms with Crippen molar-refractivity contribution in [3.63, 3.8) is 0 Å². The Morgan fingerprint density at radius 1 is 1.19 bits per heavy atom. The van der Waals surface area contributed by atoms with Crippen molar-refractivity contribution >= 4 is 23.0 Å². The Kier molecular flexibility index (Phi) is 4.62. The number of piperidine rings is 1. The number of benzene rings is 1. The molecule has 1 saturated heterocycles. The van der Waals surface area contributed by atoms with E-state index in [0.717, 1.165) is 37.3 Å². The van der Waals surface area contributed by atoms with Gasteiger partial charge in [0.05, 0.1) is 29.2 Å². The second kappa shape index (κ2) is 7.47. The number of aromatic nitrogens is 3. The van der Waals surface area contributed by atoms with Gasteiger partial charge in [-0.25, -0.2) is 18.8 Å². The number of H-pyrrole nitrogens is 1. The van der Waals surface area contributed by atoms with E-state index < -0.39 is 11.6 Å². The zero-order valence-corrected chi connectivity index (χ0v) is 16.8. The Labute approximate surface area is 177 Å². The fraction of sp³-hybridized carbons (Fsp3) is 0.273. The molecule has 0 atom stereocenters. The number of aromatic amines is 1. The van der Waals surface area contributed by atoms with Gasteiger partial charge in [-0.3, -0.25) is 5.10 Å². The molecule has 156 valence electrons. The maximum Gasteiger partial charge on any atom is 0.144 e. The molecule has 5 rings (SSSR count). The van der Waals surface area contributed by atoms with Crippen molar-refractivity contribution < 1.29 is 8.78 Å². The second-order valence-electron chi connectivity index (χ2n) is 7.71. The molecule has 2 N–H and O–H groups in total. The Hall–Kier alpha value is -3.80. The highest BCUT2D eigenvalue weighted by Gasteiger charge is 2.26. The molecule has 0 spiro atoms. The lowest BCUT2D eigenvalue weighted by Crippen LogP contribution is -2.33. The summed E-state index contributed by atoms with van der Waals surface area (Å²) in [6, 6.07) is 7.95. The van der Waals surface area contributed by atoms with Gasteiger partial charge in [0, 0.05) is 24.6 Å². The van der Waals surface area contributed by atoms with Crippen molar-refractivity contribution in [2.24, 2.45) is 10.9 Å². The molecule has 4 heterocycles. The third kappa shape index (κ3) is 3.30. The fourth-order valence-corrected chi connectivity index (χ4v) is 4.01. The lowest BCUT2D eigenvalue weighted by molar-refractivity contribution is 0.485. The summed E-state index contributed by atoms with van der Waals surface area (Å²) in [6.07, 6.45) is 3.22. The molecule has 0 amide bonds. The molecule has 0 unspecified atom stereocenters. The molecular weight excluding hydrogens is 400 g/mol. The maximum absolute atomic E-state index is 14.5. The minimum absolute atomic E-state index is 0.0597. The number of amidine groups is 1. The molecule has 2 aliphatic heterocycles. The number of hydrogen-bond acceptors (Lipinski definition) is 6. The first-order chi connectivity index (χ1) is 15.0. The monoisotopic (exact) mass is 419 g/mol. The summed E-state index contributed by atoms with van der Waals surface area (Å²) in [7, 11) is 0. The number of pyridine rings is 1. The highest BCUT2D eigenvalue weighted by atomic mass is 19.1. The molecule has 0 saturated carbocycles. The average molecular weight is 419 g/mol. The van der Waals surface area contributed by atoms with Crippen LogP contribution in [-0.2, 0) is 0 Å². The van der Waals surface area contributed by atoms with E-state index in [2.05, 4.69) is 36.5 Å². The molecule has 0 bridgehead atoms. The molecule has 2 aromatic heterocycles. The summed E-state index contributed by atoms with van der Waals surface area (Å²) < 4.78 is 29.0. The van der Waals surface area contributed by atoms with E-state index in [1.54, 1.807) is 6.20 Å². The van der Waals surface area contributed by atoms with E-state index in [-0.39, 0.29) is 17.3 Å². The summed E-state index contributed by atoms with van der Waals surface area (Å²) >= 11 is 0. The number of anilines is 2. The van der Waals surface area contributed by atoms with Gasteiger partial charge in [-0.05, 0) is 38.0 Å². The van der Waals surface area contributed by atoms with Crippen LogP contribution in [0.2, 0.25) is 0 Å². The van der Waals surface area contributed by atoms with Crippen LogP contribution in [0, 0.1) is 35.8 Å². The van der Waals surface area contributed by atoms with Gasteiger partial charge in [-0.1, -0.05) is 6.07 Å². The topological polar surface area (TPSA) is 93.0 Å². The smallest absolute Gasteiger partial charge is 0.144 e. The normalized spacial score (nSPS) is 15.9.